The highest BCUT2D eigenvalue weighted by Crippen LogP contribution is 2.26. The number of hydrogen-bond donors (Lipinski definition) is 0. The van der Waals surface area contributed by atoms with E-state index in [-0.39, 0.29) is 23.7 Å². The van der Waals surface area contributed by atoms with Crippen LogP contribution in [0.2, 0.25) is 0 Å². The Morgan fingerprint density at radius 1 is 1.03 bits per heavy atom. The van der Waals surface area contributed by atoms with E-state index in [1.807, 2.05) is 42.5 Å². The molecule has 0 bridgehead atoms. The van der Waals surface area contributed by atoms with Gasteiger partial charge in [0.1, 0.15) is 12.1 Å². The number of carbonyl (C=O) groups excluding carboxylic acids is 2. The van der Waals surface area contributed by atoms with Crippen molar-refractivity contribution >= 4 is 17.7 Å². The molecule has 0 aliphatic carbocycles. The number of aryl methyl sites for hydroxylation is 2. The fraction of sp³-hybridized carbons (Fsp3) is 0.609. The summed E-state index contributed by atoms with van der Waals surface area (Å²) in [4.78, 5) is 38.1. The molecular formula is C23H32N6O3. The first-order valence-corrected chi connectivity index (χ1v) is 11.5. The Morgan fingerprint density at radius 2 is 1.78 bits per heavy atom. The fourth-order valence-electron chi connectivity index (χ4n) is 4.73. The zero-order valence-electron chi connectivity index (χ0n) is 19.2. The van der Waals surface area contributed by atoms with Gasteiger partial charge in [0.25, 0.3) is 0 Å². The Bertz CT molecular complexity index is 966. The number of piperidine rings is 2. The van der Waals surface area contributed by atoms with Gasteiger partial charge < -0.3 is 14.5 Å². The molecule has 1 unspecified atom stereocenters. The number of nitrogens with zero attached hydrogens (tertiary/aromatic N) is 6. The fourth-order valence-corrected chi connectivity index (χ4v) is 4.73. The van der Waals surface area contributed by atoms with Gasteiger partial charge in [0.15, 0.2) is 5.82 Å². The van der Waals surface area contributed by atoms with Gasteiger partial charge in [-0.2, -0.15) is 5.10 Å². The van der Waals surface area contributed by atoms with Gasteiger partial charge in [0, 0.05) is 37.9 Å². The van der Waals surface area contributed by atoms with Crippen LogP contribution in [-0.2, 0) is 14.3 Å². The molecule has 2 aliphatic heterocycles. The van der Waals surface area contributed by atoms with Gasteiger partial charge >= 0.3 is 5.97 Å². The largest absolute Gasteiger partial charge is 0.466 e. The van der Waals surface area contributed by atoms with Gasteiger partial charge in [0.2, 0.25) is 5.91 Å². The maximum atomic E-state index is 13.2. The van der Waals surface area contributed by atoms with Crippen LogP contribution in [0.5, 0.6) is 0 Å². The Morgan fingerprint density at radius 3 is 2.47 bits per heavy atom. The van der Waals surface area contributed by atoms with Crippen molar-refractivity contribution in [1.29, 1.82) is 0 Å². The van der Waals surface area contributed by atoms with Gasteiger partial charge in [-0.15, -0.1) is 0 Å². The predicted octanol–water partition coefficient (Wildman–Crippen LogP) is 2.30. The summed E-state index contributed by atoms with van der Waals surface area (Å²) in [5, 5.41) is 4.52. The van der Waals surface area contributed by atoms with E-state index in [2.05, 4.69) is 20.0 Å². The van der Waals surface area contributed by atoms with E-state index >= 15 is 0 Å². The molecule has 4 heterocycles. The van der Waals surface area contributed by atoms with Crippen molar-refractivity contribution in [2.75, 3.05) is 37.7 Å². The highest BCUT2D eigenvalue weighted by Gasteiger charge is 2.33. The number of anilines is 1. The number of amides is 1. The third-order valence-electron chi connectivity index (χ3n) is 6.39. The second-order valence-corrected chi connectivity index (χ2v) is 8.71. The Labute approximate surface area is 188 Å². The van der Waals surface area contributed by atoms with Gasteiger partial charge in [-0.3, -0.25) is 9.59 Å². The molecule has 2 aromatic heterocycles. The third kappa shape index (κ3) is 4.76. The van der Waals surface area contributed by atoms with Crippen LogP contribution in [0.3, 0.4) is 0 Å². The highest BCUT2D eigenvalue weighted by molar-refractivity contribution is 5.80. The van der Waals surface area contributed by atoms with Crippen molar-refractivity contribution in [3.05, 3.63) is 29.8 Å². The molecule has 2 fully saturated rings. The van der Waals surface area contributed by atoms with Crippen LogP contribution in [0, 0.1) is 25.7 Å². The van der Waals surface area contributed by atoms with Crippen LogP contribution in [0.15, 0.2) is 18.5 Å². The van der Waals surface area contributed by atoms with Crippen LogP contribution in [0.4, 0.5) is 5.82 Å². The number of aromatic nitrogens is 4. The first-order valence-electron chi connectivity index (χ1n) is 11.5. The van der Waals surface area contributed by atoms with Crippen molar-refractivity contribution in [3.8, 4) is 5.82 Å². The Kier molecular flexibility index (Phi) is 6.72. The standard InChI is InChI=1S/C23H32N6O3/c1-4-32-23(31)18-7-10-27(11-8-18)22(30)19-6-5-9-28(14-19)20-13-21(25-15-24-20)29-17(3)12-16(2)26-29/h12-13,15,18-19H,4-11,14H2,1-3H3. The highest BCUT2D eigenvalue weighted by atomic mass is 16.5. The number of likely N-dealkylation sites (tertiary alicyclic amines) is 1. The maximum absolute atomic E-state index is 13.2. The molecule has 32 heavy (non-hydrogen) atoms. The van der Waals surface area contributed by atoms with E-state index in [4.69, 9.17) is 4.74 Å². The minimum absolute atomic E-state index is 0.0602. The zero-order valence-corrected chi connectivity index (χ0v) is 19.2. The molecule has 0 aromatic carbocycles. The summed E-state index contributed by atoms with van der Waals surface area (Å²) in [5.74, 6) is 1.46. The zero-order chi connectivity index (χ0) is 22.7. The van der Waals surface area contributed by atoms with Crippen molar-refractivity contribution in [2.45, 2.75) is 46.5 Å². The average Bonchev–Trinajstić information content (AvgIpc) is 3.17. The Hall–Kier alpha value is -2.97. The van der Waals surface area contributed by atoms with Gasteiger partial charge in [0.05, 0.1) is 24.1 Å². The van der Waals surface area contributed by atoms with Crippen LogP contribution in [-0.4, -0.2) is 69.3 Å². The molecule has 172 valence electrons. The van der Waals surface area contributed by atoms with E-state index in [9.17, 15) is 9.59 Å². The van der Waals surface area contributed by atoms with E-state index < -0.39 is 0 Å². The number of rotatable bonds is 5. The molecule has 1 atom stereocenters. The summed E-state index contributed by atoms with van der Waals surface area (Å²) < 4.78 is 6.96. The Balaban J connectivity index is 1.40. The topological polar surface area (TPSA) is 93.5 Å². The molecule has 1 amide bonds. The monoisotopic (exact) mass is 440 g/mol. The number of ether oxygens (including phenoxy) is 1. The summed E-state index contributed by atoms with van der Waals surface area (Å²) in [7, 11) is 0. The lowest BCUT2D eigenvalue weighted by atomic mass is 9.93. The predicted molar refractivity (Wildman–Crippen MR) is 120 cm³/mol. The summed E-state index contributed by atoms with van der Waals surface area (Å²) >= 11 is 0. The van der Waals surface area contributed by atoms with E-state index in [0.717, 1.165) is 42.4 Å². The average molecular weight is 441 g/mol. The molecular weight excluding hydrogens is 408 g/mol. The van der Waals surface area contributed by atoms with E-state index in [0.29, 0.717) is 39.1 Å². The van der Waals surface area contributed by atoms with Crippen LogP contribution in [0.25, 0.3) is 5.82 Å². The molecule has 2 aromatic rings. The SMILES string of the molecule is CCOC(=O)C1CCN(C(=O)C2CCCN(c3cc(-n4nc(C)cc4C)ncn3)C2)CC1. The maximum Gasteiger partial charge on any atom is 0.309 e. The lowest BCUT2D eigenvalue weighted by Crippen LogP contribution is -2.48. The number of carbonyl (C=O) groups is 2. The lowest BCUT2D eigenvalue weighted by molar-refractivity contribution is -0.151. The number of hydrogen-bond acceptors (Lipinski definition) is 7. The number of esters is 1. The minimum atomic E-state index is -0.134. The van der Waals surface area contributed by atoms with Gasteiger partial charge in [-0.1, -0.05) is 0 Å². The van der Waals surface area contributed by atoms with Crippen molar-refractivity contribution in [3.63, 3.8) is 0 Å². The molecule has 0 saturated carbocycles. The first-order chi connectivity index (χ1) is 15.5. The minimum Gasteiger partial charge on any atom is -0.466 e. The van der Waals surface area contributed by atoms with Gasteiger partial charge in [-0.25, -0.2) is 14.6 Å². The van der Waals surface area contributed by atoms with E-state index in [1.165, 1.54) is 0 Å². The van der Waals surface area contributed by atoms with E-state index in [1.54, 1.807) is 6.33 Å². The summed E-state index contributed by atoms with van der Waals surface area (Å²) in [6.07, 6.45) is 4.74. The molecule has 2 saturated heterocycles. The lowest BCUT2D eigenvalue weighted by Gasteiger charge is -2.37. The summed E-state index contributed by atoms with van der Waals surface area (Å²) in [6.45, 7) is 8.93. The van der Waals surface area contributed by atoms with Crippen molar-refractivity contribution in [2.24, 2.45) is 11.8 Å². The van der Waals surface area contributed by atoms with Crippen LogP contribution >= 0.6 is 0 Å². The molecule has 0 N–H and O–H groups in total. The van der Waals surface area contributed by atoms with Gasteiger partial charge in [-0.05, 0) is 52.5 Å². The normalized spacial score (nSPS) is 19.8. The molecule has 9 heteroatoms. The van der Waals surface area contributed by atoms with Crippen LogP contribution in [0.1, 0.15) is 44.0 Å². The molecule has 0 spiro atoms. The third-order valence-corrected chi connectivity index (χ3v) is 6.39. The molecule has 4 rings (SSSR count). The molecule has 9 nitrogen and oxygen atoms in total. The summed E-state index contributed by atoms with van der Waals surface area (Å²) in [6, 6.07) is 3.96. The van der Waals surface area contributed by atoms with Crippen molar-refractivity contribution in [1.82, 2.24) is 24.6 Å². The van der Waals surface area contributed by atoms with Crippen LogP contribution < -0.4 is 4.90 Å². The summed E-state index contributed by atoms with van der Waals surface area (Å²) in [5.41, 5.74) is 1.96. The quantitative estimate of drug-likeness (QED) is 0.659. The smallest absolute Gasteiger partial charge is 0.309 e. The van der Waals surface area contributed by atoms with Crippen molar-refractivity contribution < 1.29 is 14.3 Å². The molecule has 2 aliphatic rings. The first kappa shape index (κ1) is 22.2. The second kappa shape index (κ2) is 9.67. The second-order valence-electron chi connectivity index (χ2n) is 8.71. The molecule has 0 radical (unpaired) electrons.